The lowest BCUT2D eigenvalue weighted by Gasteiger charge is -2.10. The number of carbonyl (C=O) groups is 2. The summed E-state index contributed by atoms with van der Waals surface area (Å²) in [6, 6.07) is 3.61. The second kappa shape index (κ2) is 6.84. The summed E-state index contributed by atoms with van der Waals surface area (Å²) in [5, 5.41) is 3.22. The number of thiophene rings is 1. The number of nitrogens with one attached hydrogen (secondary N) is 1. The molecule has 1 atom stereocenters. The summed E-state index contributed by atoms with van der Waals surface area (Å²) in [6.07, 6.45) is 1.11. The van der Waals surface area contributed by atoms with Crippen molar-refractivity contribution in [1.82, 2.24) is 0 Å². The fourth-order valence-corrected chi connectivity index (χ4v) is 4.95. The van der Waals surface area contributed by atoms with Gasteiger partial charge in [0.2, 0.25) is 5.91 Å². The topological polar surface area (TPSA) is 67.8 Å². The van der Waals surface area contributed by atoms with Gasteiger partial charge in [0.15, 0.2) is 0 Å². The van der Waals surface area contributed by atoms with Gasteiger partial charge in [0.25, 0.3) is 0 Å². The first kappa shape index (κ1) is 17.8. The maximum absolute atomic E-state index is 14.4. The van der Waals surface area contributed by atoms with Crippen molar-refractivity contribution < 1.29 is 23.1 Å². The summed E-state index contributed by atoms with van der Waals surface area (Å²) >= 11 is 1.26. The molecule has 0 saturated heterocycles. The van der Waals surface area contributed by atoms with Gasteiger partial charge in [-0.1, -0.05) is 6.07 Å². The van der Waals surface area contributed by atoms with Gasteiger partial charge in [0.05, 0.1) is 23.8 Å². The van der Waals surface area contributed by atoms with Crippen molar-refractivity contribution in [1.29, 1.82) is 0 Å². The van der Waals surface area contributed by atoms with Crippen molar-refractivity contribution in [3.8, 4) is 0 Å². The highest BCUT2D eigenvalue weighted by Gasteiger charge is 2.38. The number of carbonyl (C=O) groups excluding carboxylic acids is 2. The Labute approximate surface area is 158 Å². The third kappa shape index (κ3) is 2.93. The van der Waals surface area contributed by atoms with Crippen molar-refractivity contribution in [2.45, 2.75) is 25.7 Å². The van der Waals surface area contributed by atoms with Crippen LogP contribution < -0.4 is 5.32 Å². The number of hydrogen-bond acceptors (Lipinski definition) is 5. The lowest BCUT2D eigenvalue weighted by Crippen LogP contribution is -2.13. The fourth-order valence-electron chi connectivity index (χ4n) is 3.56. The summed E-state index contributed by atoms with van der Waals surface area (Å²) in [5.74, 6) is -2.60. The second-order valence-electron chi connectivity index (χ2n) is 6.30. The highest BCUT2D eigenvalue weighted by atomic mass is 32.1. The van der Waals surface area contributed by atoms with Crippen LogP contribution in [0.3, 0.4) is 0 Å². The minimum absolute atomic E-state index is 0.112. The number of ether oxygens (including phenoxy) is 1. The van der Waals surface area contributed by atoms with E-state index in [1.807, 2.05) is 0 Å². The molecule has 1 amide bonds. The standard InChI is InChI=1S/C19H16F2N2O3S/c1-2-26-19(25)10-7-6-9-14-16(15-11(20)4-3-5-12(15)21)22-8-13(24)23-18(14)27-17(9)10/h3-5,10H,2,6-8H2,1H3,(H,23,24). The van der Waals surface area contributed by atoms with E-state index < -0.39 is 17.6 Å². The van der Waals surface area contributed by atoms with Crippen LogP contribution in [0.2, 0.25) is 0 Å². The van der Waals surface area contributed by atoms with Crippen molar-refractivity contribution in [2.75, 3.05) is 18.5 Å². The van der Waals surface area contributed by atoms with Crippen molar-refractivity contribution in [3.05, 3.63) is 51.4 Å². The molecule has 1 aliphatic carbocycles. The Hall–Kier alpha value is -2.61. The van der Waals surface area contributed by atoms with Crippen LogP contribution in [0.5, 0.6) is 0 Å². The lowest BCUT2D eigenvalue weighted by atomic mass is 9.98. The third-order valence-corrected chi connectivity index (χ3v) is 5.94. The first-order chi connectivity index (χ1) is 13.0. The number of amides is 1. The van der Waals surface area contributed by atoms with Gasteiger partial charge in [-0.25, -0.2) is 8.78 Å². The van der Waals surface area contributed by atoms with E-state index in [1.165, 1.54) is 17.4 Å². The number of nitrogens with zero attached hydrogens (tertiary/aromatic N) is 1. The highest BCUT2D eigenvalue weighted by molar-refractivity contribution is 7.17. The number of aliphatic imine (C=N–C) groups is 1. The SMILES string of the molecule is CCOC(=O)C1CCc2c1sc1c2C(c2c(F)cccc2F)=NCC(=O)N1. The molecule has 0 fully saturated rings. The van der Waals surface area contributed by atoms with Crippen molar-refractivity contribution in [2.24, 2.45) is 4.99 Å². The van der Waals surface area contributed by atoms with E-state index in [1.54, 1.807) is 6.92 Å². The minimum Gasteiger partial charge on any atom is -0.465 e. The lowest BCUT2D eigenvalue weighted by molar-refractivity contribution is -0.144. The average molecular weight is 390 g/mol. The Bertz CT molecular complexity index is 963. The van der Waals surface area contributed by atoms with Crippen LogP contribution in [0.25, 0.3) is 0 Å². The Morgan fingerprint density at radius 3 is 2.78 bits per heavy atom. The molecule has 0 radical (unpaired) electrons. The summed E-state index contributed by atoms with van der Waals surface area (Å²) in [6.45, 7) is 1.80. The van der Waals surface area contributed by atoms with E-state index in [0.717, 1.165) is 22.6 Å². The predicted octanol–water partition coefficient (Wildman–Crippen LogP) is 3.41. The molecule has 0 saturated carbocycles. The van der Waals surface area contributed by atoms with E-state index in [-0.39, 0.29) is 36.3 Å². The molecule has 1 aliphatic heterocycles. The van der Waals surface area contributed by atoms with Crippen LogP contribution in [-0.4, -0.2) is 30.7 Å². The number of hydrogen-bond donors (Lipinski definition) is 1. The van der Waals surface area contributed by atoms with Crippen LogP contribution in [-0.2, 0) is 20.7 Å². The van der Waals surface area contributed by atoms with Gasteiger partial charge in [-0.05, 0) is 37.5 Å². The normalized spacial score (nSPS) is 18.3. The third-order valence-electron chi connectivity index (χ3n) is 4.68. The number of benzene rings is 1. The van der Waals surface area contributed by atoms with Gasteiger partial charge in [-0.15, -0.1) is 11.3 Å². The van der Waals surface area contributed by atoms with Crippen molar-refractivity contribution in [3.63, 3.8) is 0 Å². The number of esters is 1. The molecule has 8 heteroatoms. The zero-order valence-corrected chi connectivity index (χ0v) is 15.3. The van der Waals surface area contributed by atoms with Gasteiger partial charge in [0.1, 0.15) is 23.2 Å². The molecule has 27 heavy (non-hydrogen) atoms. The van der Waals surface area contributed by atoms with E-state index in [4.69, 9.17) is 4.74 Å². The zero-order chi connectivity index (χ0) is 19.1. The van der Waals surface area contributed by atoms with Gasteiger partial charge in [-0.2, -0.15) is 0 Å². The molecule has 0 bridgehead atoms. The molecule has 5 nitrogen and oxygen atoms in total. The molecule has 1 aromatic carbocycles. The van der Waals surface area contributed by atoms with Crippen LogP contribution in [0.4, 0.5) is 13.8 Å². The van der Waals surface area contributed by atoms with E-state index in [2.05, 4.69) is 10.3 Å². The Balaban J connectivity index is 1.88. The maximum Gasteiger partial charge on any atom is 0.314 e. The zero-order valence-electron chi connectivity index (χ0n) is 14.5. The predicted molar refractivity (Wildman–Crippen MR) is 97.5 cm³/mol. The van der Waals surface area contributed by atoms with Gasteiger partial charge in [0, 0.05) is 10.4 Å². The number of fused-ring (bicyclic) bond motifs is 3. The van der Waals surface area contributed by atoms with Crippen molar-refractivity contribution >= 4 is 33.9 Å². The summed E-state index contributed by atoms with van der Waals surface area (Å²) in [7, 11) is 0. The Kier molecular flexibility index (Phi) is 4.51. The van der Waals surface area contributed by atoms with Crippen LogP contribution >= 0.6 is 11.3 Å². The summed E-state index contributed by atoms with van der Waals surface area (Å²) in [5.41, 5.74) is 1.17. The molecule has 2 aromatic rings. The number of anilines is 1. The van der Waals surface area contributed by atoms with Crippen LogP contribution in [0.1, 0.15) is 40.8 Å². The Morgan fingerprint density at radius 2 is 2.07 bits per heavy atom. The minimum atomic E-state index is -0.742. The number of rotatable bonds is 3. The second-order valence-corrected chi connectivity index (χ2v) is 7.35. The maximum atomic E-state index is 14.4. The number of halogens is 2. The van der Waals surface area contributed by atoms with Gasteiger partial charge < -0.3 is 10.1 Å². The van der Waals surface area contributed by atoms with E-state index in [0.29, 0.717) is 23.4 Å². The molecular weight excluding hydrogens is 374 g/mol. The highest BCUT2D eigenvalue weighted by Crippen LogP contribution is 2.47. The molecule has 2 heterocycles. The summed E-state index contributed by atoms with van der Waals surface area (Å²) in [4.78, 5) is 29.3. The molecule has 140 valence electrons. The fraction of sp³-hybridized carbons (Fsp3) is 0.316. The molecule has 0 spiro atoms. The molecule has 1 aromatic heterocycles. The first-order valence-electron chi connectivity index (χ1n) is 8.62. The molecular formula is C19H16F2N2O3S. The van der Waals surface area contributed by atoms with Crippen LogP contribution in [0, 0.1) is 11.6 Å². The van der Waals surface area contributed by atoms with E-state index in [9.17, 15) is 18.4 Å². The van der Waals surface area contributed by atoms with Gasteiger partial charge in [-0.3, -0.25) is 14.6 Å². The van der Waals surface area contributed by atoms with E-state index >= 15 is 0 Å². The quantitative estimate of drug-likeness (QED) is 0.817. The molecule has 2 aliphatic rings. The monoisotopic (exact) mass is 390 g/mol. The smallest absolute Gasteiger partial charge is 0.314 e. The molecule has 1 N–H and O–H groups in total. The Morgan fingerprint density at radius 1 is 1.33 bits per heavy atom. The van der Waals surface area contributed by atoms with Gasteiger partial charge >= 0.3 is 5.97 Å². The first-order valence-corrected chi connectivity index (χ1v) is 9.44. The molecule has 1 unspecified atom stereocenters. The van der Waals surface area contributed by atoms with Crippen LogP contribution in [0.15, 0.2) is 23.2 Å². The average Bonchev–Trinajstić information content (AvgIpc) is 3.12. The summed E-state index contributed by atoms with van der Waals surface area (Å²) < 4.78 is 34.0. The molecule has 4 rings (SSSR count). The largest absolute Gasteiger partial charge is 0.465 e.